The minimum Gasteiger partial charge on any atom is -0.419 e. The molecule has 1 aliphatic carbocycles. The molecule has 0 N–H and O–H groups in total. The molecule has 30 heavy (non-hydrogen) atoms. The molecule has 1 fully saturated rings. The molecule has 0 atom stereocenters. The van der Waals surface area contributed by atoms with Gasteiger partial charge < -0.3 is 13.9 Å². The Morgan fingerprint density at radius 1 is 1.27 bits per heavy atom. The zero-order valence-electron chi connectivity index (χ0n) is 17.1. The second kappa shape index (κ2) is 8.77. The van der Waals surface area contributed by atoms with Crippen molar-refractivity contribution in [3.05, 3.63) is 41.0 Å². The van der Waals surface area contributed by atoms with Crippen LogP contribution < -0.4 is 0 Å². The quantitative estimate of drug-likeness (QED) is 0.484. The van der Waals surface area contributed by atoms with Crippen molar-refractivity contribution >= 4 is 29.3 Å². The molecule has 1 aliphatic rings. The van der Waals surface area contributed by atoms with Crippen molar-refractivity contribution in [3.8, 4) is 11.5 Å². The summed E-state index contributed by atoms with van der Waals surface area (Å²) >= 11 is 7.60. The van der Waals surface area contributed by atoms with Gasteiger partial charge in [-0.3, -0.25) is 4.79 Å². The normalized spacial score (nSPS) is 13.8. The van der Waals surface area contributed by atoms with Crippen LogP contribution in [0, 0.1) is 0 Å². The molecule has 0 saturated heterocycles. The maximum atomic E-state index is 12.9. The van der Waals surface area contributed by atoms with Gasteiger partial charge >= 0.3 is 0 Å². The van der Waals surface area contributed by atoms with E-state index in [2.05, 4.69) is 20.4 Å². The Morgan fingerprint density at radius 3 is 2.73 bits per heavy atom. The molecule has 2 aromatic heterocycles. The number of amides is 1. The van der Waals surface area contributed by atoms with E-state index in [1.807, 2.05) is 43.7 Å². The predicted octanol–water partition coefficient (Wildman–Crippen LogP) is 3.93. The van der Waals surface area contributed by atoms with Crippen LogP contribution in [0.1, 0.15) is 44.3 Å². The topological polar surface area (TPSA) is 89.9 Å². The molecule has 4 rings (SSSR count). The first-order chi connectivity index (χ1) is 14.4. The maximum absolute atomic E-state index is 12.9. The fourth-order valence-corrected chi connectivity index (χ4v) is 4.14. The molecular weight excluding hydrogens is 424 g/mol. The average molecular weight is 447 g/mol. The fourth-order valence-electron chi connectivity index (χ4n) is 3.12. The summed E-state index contributed by atoms with van der Waals surface area (Å²) < 4.78 is 7.76. The van der Waals surface area contributed by atoms with Crippen molar-refractivity contribution in [3.63, 3.8) is 0 Å². The van der Waals surface area contributed by atoms with Crippen LogP contribution in [0.4, 0.5) is 0 Å². The van der Waals surface area contributed by atoms with E-state index in [1.165, 1.54) is 11.8 Å². The van der Waals surface area contributed by atoms with Crippen molar-refractivity contribution in [2.75, 3.05) is 5.75 Å². The van der Waals surface area contributed by atoms with E-state index in [-0.39, 0.29) is 24.2 Å². The van der Waals surface area contributed by atoms with Gasteiger partial charge in [-0.25, -0.2) is 0 Å². The highest BCUT2D eigenvalue weighted by atomic mass is 35.5. The van der Waals surface area contributed by atoms with Gasteiger partial charge in [0.2, 0.25) is 17.7 Å². The third kappa shape index (κ3) is 4.52. The Balaban J connectivity index is 1.41. The average Bonchev–Trinajstić information content (AvgIpc) is 3.34. The molecule has 1 amide bonds. The zero-order chi connectivity index (χ0) is 21.3. The number of hydrogen-bond acceptors (Lipinski definition) is 7. The van der Waals surface area contributed by atoms with Gasteiger partial charge in [0.1, 0.15) is 5.82 Å². The van der Waals surface area contributed by atoms with E-state index < -0.39 is 0 Å². The van der Waals surface area contributed by atoms with Crippen molar-refractivity contribution in [1.82, 2.24) is 29.9 Å². The van der Waals surface area contributed by atoms with Gasteiger partial charge in [0.05, 0.1) is 22.9 Å². The van der Waals surface area contributed by atoms with Gasteiger partial charge in [-0.1, -0.05) is 35.5 Å². The Labute approximate surface area is 184 Å². The Morgan fingerprint density at radius 2 is 2.03 bits per heavy atom. The largest absolute Gasteiger partial charge is 0.419 e. The highest BCUT2D eigenvalue weighted by Gasteiger charge is 2.29. The standard InChI is InChI=1S/C20H23ClN6O2S/c1-12(2)27(10-16-22-24-19(29-16)14-6-4-5-7-15(14)21)17(28)11-30-20-25-23-18(26(20)3)13-8-9-13/h4-7,12-13H,8-11H2,1-3H3. The number of thioether (sulfide) groups is 1. The Kier molecular flexibility index (Phi) is 6.10. The van der Waals surface area contributed by atoms with Crippen LogP contribution in [0.3, 0.4) is 0 Å². The minimum atomic E-state index is -0.0246. The number of carbonyl (C=O) groups is 1. The predicted molar refractivity (Wildman–Crippen MR) is 114 cm³/mol. The summed E-state index contributed by atoms with van der Waals surface area (Å²) in [5, 5.41) is 18.0. The van der Waals surface area contributed by atoms with Crippen molar-refractivity contribution < 1.29 is 9.21 Å². The van der Waals surface area contributed by atoms with E-state index in [4.69, 9.17) is 16.0 Å². The number of benzene rings is 1. The first-order valence-electron chi connectivity index (χ1n) is 9.83. The fraction of sp³-hybridized carbons (Fsp3) is 0.450. The van der Waals surface area contributed by atoms with Gasteiger partial charge in [0, 0.05) is 19.0 Å². The smallest absolute Gasteiger partial charge is 0.249 e. The summed E-state index contributed by atoms with van der Waals surface area (Å²) in [6.45, 7) is 4.16. The van der Waals surface area contributed by atoms with E-state index in [0.717, 1.165) is 23.8 Å². The Hall–Kier alpha value is -2.39. The molecule has 1 aromatic carbocycles. The summed E-state index contributed by atoms with van der Waals surface area (Å²) in [6.07, 6.45) is 2.33. The number of halogens is 1. The van der Waals surface area contributed by atoms with Crippen LogP contribution >= 0.6 is 23.4 Å². The molecule has 0 aliphatic heterocycles. The lowest BCUT2D eigenvalue weighted by Gasteiger charge is -2.25. The van der Waals surface area contributed by atoms with Crippen LogP contribution in [-0.2, 0) is 18.4 Å². The third-order valence-corrected chi connectivity index (χ3v) is 6.29. The van der Waals surface area contributed by atoms with Gasteiger partial charge in [-0.05, 0) is 38.8 Å². The molecule has 0 radical (unpaired) electrons. The van der Waals surface area contributed by atoms with Crippen LogP contribution in [0.2, 0.25) is 5.02 Å². The van der Waals surface area contributed by atoms with Gasteiger partial charge in [0.15, 0.2) is 5.16 Å². The zero-order valence-corrected chi connectivity index (χ0v) is 18.7. The summed E-state index contributed by atoms with van der Waals surface area (Å²) in [5.74, 6) is 2.47. The van der Waals surface area contributed by atoms with Gasteiger partial charge in [-0.2, -0.15) is 0 Å². The molecule has 158 valence electrons. The van der Waals surface area contributed by atoms with Gasteiger partial charge in [0.25, 0.3) is 0 Å². The number of aromatic nitrogens is 5. The van der Waals surface area contributed by atoms with Crippen molar-refractivity contribution in [2.24, 2.45) is 7.05 Å². The molecule has 0 unspecified atom stereocenters. The Bertz CT molecular complexity index is 1050. The summed E-state index contributed by atoms with van der Waals surface area (Å²) in [4.78, 5) is 14.6. The number of carbonyl (C=O) groups excluding carboxylic acids is 1. The maximum Gasteiger partial charge on any atom is 0.249 e. The second-order valence-electron chi connectivity index (χ2n) is 7.56. The molecule has 0 bridgehead atoms. The summed E-state index contributed by atoms with van der Waals surface area (Å²) in [6, 6.07) is 7.26. The molecule has 10 heteroatoms. The number of rotatable bonds is 8. The molecule has 8 nitrogen and oxygen atoms in total. The number of hydrogen-bond donors (Lipinski definition) is 0. The van der Waals surface area contributed by atoms with Crippen LogP contribution in [0.5, 0.6) is 0 Å². The van der Waals surface area contributed by atoms with E-state index in [1.54, 1.807) is 11.0 Å². The molecule has 0 spiro atoms. The van der Waals surface area contributed by atoms with Crippen LogP contribution in [0.15, 0.2) is 33.8 Å². The van der Waals surface area contributed by atoms with Crippen molar-refractivity contribution in [1.29, 1.82) is 0 Å². The lowest BCUT2D eigenvalue weighted by Crippen LogP contribution is -2.37. The van der Waals surface area contributed by atoms with Crippen molar-refractivity contribution in [2.45, 2.75) is 50.4 Å². The highest BCUT2D eigenvalue weighted by molar-refractivity contribution is 7.99. The van der Waals surface area contributed by atoms with E-state index in [0.29, 0.717) is 28.3 Å². The first kappa shape index (κ1) is 20.9. The molecule has 2 heterocycles. The monoisotopic (exact) mass is 446 g/mol. The third-order valence-electron chi connectivity index (χ3n) is 4.96. The van der Waals surface area contributed by atoms with Gasteiger partial charge in [-0.15, -0.1) is 20.4 Å². The van der Waals surface area contributed by atoms with E-state index >= 15 is 0 Å². The first-order valence-corrected chi connectivity index (χ1v) is 11.2. The summed E-state index contributed by atoms with van der Waals surface area (Å²) in [5.41, 5.74) is 0.671. The molecule has 3 aromatic rings. The summed E-state index contributed by atoms with van der Waals surface area (Å²) in [7, 11) is 1.95. The second-order valence-corrected chi connectivity index (χ2v) is 8.91. The highest BCUT2D eigenvalue weighted by Crippen LogP contribution is 2.39. The SMILES string of the molecule is CC(C)N(Cc1nnc(-c2ccccc2Cl)o1)C(=O)CSc1nnc(C2CC2)n1C. The lowest BCUT2D eigenvalue weighted by atomic mass is 10.2. The molecule has 1 saturated carbocycles. The van der Waals surface area contributed by atoms with E-state index in [9.17, 15) is 4.79 Å². The van der Waals surface area contributed by atoms with Crippen LogP contribution in [0.25, 0.3) is 11.5 Å². The number of nitrogens with zero attached hydrogens (tertiary/aromatic N) is 6. The minimum absolute atomic E-state index is 0.0183. The molecular formula is C20H23ClN6O2S. The van der Waals surface area contributed by atoms with Crippen LogP contribution in [-0.4, -0.2) is 47.6 Å². The lowest BCUT2D eigenvalue weighted by molar-refractivity contribution is -0.131.